The second-order valence-corrected chi connectivity index (χ2v) is 11.5. The molecule has 2 aliphatic rings. The minimum Gasteiger partial charge on any atom is -0.478 e. The second kappa shape index (κ2) is 22.2. The predicted molar refractivity (Wildman–Crippen MR) is 187 cm³/mol. The molecule has 1 amide bonds. The topological polar surface area (TPSA) is 202 Å². The number of hydrogen-bond acceptors (Lipinski definition) is 9. The molecule has 2 aromatic rings. The number of carbonyl (C=O) groups is 6. The lowest BCUT2D eigenvalue weighted by Crippen LogP contribution is -2.53. The van der Waals surface area contributed by atoms with Crippen molar-refractivity contribution in [1.29, 1.82) is 0 Å². The van der Waals surface area contributed by atoms with E-state index in [4.69, 9.17) is 25.2 Å². The molecule has 51 heavy (non-hydrogen) atoms. The van der Waals surface area contributed by atoms with Crippen molar-refractivity contribution in [3.05, 3.63) is 102 Å². The summed E-state index contributed by atoms with van der Waals surface area (Å²) < 4.78 is 5.98. The van der Waals surface area contributed by atoms with E-state index in [9.17, 15) is 28.8 Å². The van der Waals surface area contributed by atoms with Crippen LogP contribution in [0.2, 0.25) is 0 Å². The lowest BCUT2D eigenvalue weighted by molar-refractivity contribution is -0.167. The Hall–Kier alpha value is -5.60. The van der Waals surface area contributed by atoms with E-state index in [1.54, 1.807) is 0 Å². The van der Waals surface area contributed by atoms with E-state index >= 15 is 0 Å². The standard InChI is InChI=1S/C29H37N3O3.2C4H4O4/c1-2-28(34)35-29(26-13-7-4-8-14-26)15-18-31(19-16-29)24-27(33)32-22-20-30(21-23-32)17-9-12-25-10-5-3-6-11-25;2*5-3(6)1-2-4(7)8/h3-14H,2,15-24H2,1H3;2*1-2H,(H,5,6)(H,7,8)/b12-9-;2*2-1-. The van der Waals surface area contributed by atoms with Gasteiger partial charge in [-0.05, 0) is 11.1 Å². The molecule has 4 rings (SSSR count). The van der Waals surface area contributed by atoms with Crippen LogP contribution in [0.5, 0.6) is 0 Å². The number of carboxylic acid groups (broad SMARTS) is 4. The van der Waals surface area contributed by atoms with Gasteiger partial charge >= 0.3 is 29.8 Å². The molecule has 274 valence electrons. The number of piperazine rings is 1. The van der Waals surface area contributed by atoms with Crippen LogP contribution in [0.4, 0.5) is 0 Å². The van der Waals surface area contributed by atoms with Crippen molar-refractivity contribution in [2.75, 3.05) is 52.4 Å². The van der Waals surface area contributed by atoms with Gasteiger partial charge < -0.3 is 30.1 Å². The molecule has 2 heterocycles. The fourth-order valence-electron chi connectivity index (χ4n) is 5.21. The number of likely N-dealkylation sites (tertiary alicyclic amines) is 1. The van der Waals surface area contributed by atoms with Crippen LogP contribution in [0, 0.1) is 0 Å². The van der Waals surface area contributed by atoms with Gasteiger partial charge in [-0.15, -0.1) is 0 Å². The number of nitrogens with zero attached hydrogens (tertiary/aromatic N) is 3. The number of hydrogen-bond donors (Lipinski definition) is 4. The summed E-state index contributed by atoms with van der Waals surface area (Å²) in [4.78, 5) is 70.0. The number of benzene rings is 2. The number of ether oxygens (including phenoxy) is 1. The Bertz CT molecular complexity index is 1460. The van der Waals surface area contributed by atoms with Gasteiger partial charge in [-0.1, -0.05) is 79.7 Å². The zero-order valence-electron chi connectivity index (χ0n) is 28.5. The average molecular weight is 708 g/mol. The van der Waals surface area contributed by atoms with E-state index in [1.807, 2.05) is 60.4 Å². The molecule has 0 saturated carbocycles. The van der Waals surface area contributed by atoms with Crippen molar-refractivity contribution < 1.29 is 53.9 Å². The third-order valence-corrected chi connectivity index (χ3v) is 7.86. The molecule has 2 fully saturated rings. The highest BCUT2D eigenvalue weighted by Crippen LogP contribution is 2.37. The fourth-order valence-corrected chi connectivity index (χ4v) is 5.21. The van der Waals surface area contributed by atoms with Gasteiger partial charge in [-0.2, -0.15) is 0 Å². The van der Waals surface area contributed by atoms with Gasteiger partial charge in [0, 0.05) is 89.4 Å². The summed E-state index contributed by atoms with van der Waals surface area (Å²) in [5.74, 6) is -5.00. The summed E-state index contributed by atoms with van der Waals surface area (Å²) >= 11 is 0. The van der Waals surface area contributed by atoms with E-state index in [2.05, 4.69) is 34.1 Å². The molecule has 0 aromatic heterocycles. The van der Waals surface area contributed by atoms with Crippen molar-refractivity contribution in [2.24, 2.45) is 0 Å². The van der Waals surface area contributed by atoms with Gasteiger partial charge in [0.15, 0.2) is 0 Å². The number of piperidine rings is 1. The quantitative estimate of drug-likeness (QED) is 0.185. The molecular weight excluding hydrogens is 662 g/mol. The van der Waals surface area contributed by atoms with E-state index in [0.29, 0.717) is 50.1 Å². The number of amides is 1. The van der Waals surface area contributed by atoms with Crippen molar-refractivity contribution in [1.82, 2.24) is 14.7 Å². The number of carbonyl (C=O) groups excluding carboxylic acids is 2. The highest BCUT2D eigenvalue weighted by Gasteiger charge is 2.40. The first kappa shape index (κ1) is 41.6. The predicted octanol–water partition coefficient (Wildman–Crippen LogP) is 3.21. The zero-order chi connectivity index (χ0) is 37.6. The van der Waals surface area contributed by atoms with Crippen LogP contribution in [0.15, 0.2) is 91.0 Å². The molecule has 0 atom stereocenters. The second-order valence-electron chi connectivity index (χ2n) is 11.5. The number of aliphatic carboxylic acids is 4. The van der Waals surface area contributed by atoms with Crippen LogP contribution >= 0.6 is 0 Å². The van der Waals surface area contributed by atoms with Gasteiger partial charge in [0.1, 0.15) is 5.60 Å². The Labute approximate surface area is 296 Å². The molecule has 2 aromatic carbocycles. The molecule has 2 aliphatic heterocycles. The Kier molecular flexibility index (Phi) is 18.1. The minimum absolute atomic E-state index is 0.171. The molecule has 0 bridgehead atoms. The summed E-state index contributed by atoms with van der Waals surface area (Å²) in [5, 5.41) is 31.2. The lowest BCUT2D eigenvalue weighted by Gasteiger charge is -2.42. The molecule has 14 heteroatoms. The minimum atomic E-state index is -1.26. The number of carboxylic acids is 4. The molecule has 0 spiro atoms. The van der Waals surface area contributed by atoms with Crippen molar-refractivity contribution >= 4 is 41.8 Å². The first-order valence-corrected chi connectivity index (χ1v) is 16.3. The third kappa shape index (κ3) is 16.6. The van der Waals surface area contributed by atoms with Crippen molar-refractivity contribution in [3.8, 4) is 0 Å². The van der Waals surface area contributed by atoms with Crippen LogP contribution in [-0.2, 0) is 39.1 Å². The summed E-state index contributed by atoms with van der Waals surface area (Å²) in [6.07, 6.45) is 8.36. The average Bonchev–Trinajstić information content (AvgIpc) is 3.12. The first-order chi connectivity index (χ1) is 24.3. The summed E-state index contributed by atoms with van der Waals surface area (Å²) in [5.41, 5.74) is 1.67. The van der Waals surface area contributed by atoms with Gasteiger partial charge in [0.25, 0.3) is 0 Å². The Morgan fingerprint density at radius 2 is 1.14 bits per heavy atom. The normalized spacial score (nSPS) is 16.1. The maximum atomic E-state index is 13.0. The highest BCUT2D eigenvalue weighted by atomic mass is 16.6. The fraction of sp³-hybridized carbons (Fsp3) is 0.351. The van der Waals surface area contributed by atoms with Gasteiger partial charge in [0.05, 0.1) is 6.54 Å². The molecule has 4 N–H and O–H groups in total. The van der Waals surface area contributed by atoms with E-state index in [0.717, 1.165) is 51.4 Å². The molecule has 2 saturated heterocycles. The summed E-state index contributed by atoms with van der Waals surface area (Å²) in [6.45, 7) is 7.98. The highest BCUT2D eigenvalue weighted by molar-refractivity contribution is 5.90. The van der Waals surface area contributed by atoms with Crippen molar-refractivity contribution in [2.45, 2.75) is 31.8 Å². The van der Waals surface area contributed by atoms with Crippen LogP contribution in [-0.4, -0.2) is 123 Å². The summed E-state index contributed by atoms with van der Waals surface area (Å²) in [6, 6.07) is 20.4. The Balaban J connectivity index is 0.000000468. The smallest absolute Gasteiger partial charge is 0.328 e. The van der Waals surface area contributed by atoms with E-state index < -0.39 is 29.5 Å². The molecule has 14 nitrogen and oxygen atoms in total. The van der Waals surface area contributed by atoms with Gasteiger partial charge in [-0.3, -0.25) is 19.4 Å². The third-order valence-electron chi connectivity index (χ3n) is 7.86. The lowest BCUT2D eigenvalue weighted by atomic mass is 9.84. The molecular formula is C37H45N3O11. The van der Waals surface area contributed by atoms with Crippen LogP contribution in [0.25, 0.3) is 6.08 Å². The summed E-state index contributed by atoms with van der Waals surface area (Å²) in [7, 11) is 0. The largest absolute Gasteiger partial charge is 0.478 e. The van der Waals surface area contributed by atoms with Crippen LogP contribution in [0.1, 0.15) is 37.3 Å². The number of esters is 1. The van der Waals surface area contributed by atoms with Crippen LogP contribution < -0.4 is 0 Å². The Morgan fingerprint density at radius 3 is 1.59 bits per heavy atom. The van der Waals surface area contributed by atoms with E-state index in [1.165, 1.54) is 5.56 Å². The van der Waals surface area contributed by atoms with Gasteiger partial charge in [0.2, 0.25) is 5.91 Å². The van der Waals surface area contributed by atoms with Crippen LogP contribution in [0.3, 0.4) is 0 Å². The SMILES string of the molecule is CCC(=O)OC1(c2ccccc2)CCN(CC(=O)N2CCN(C/C=C\c3ccccc3)CC2)CC1.O=C(O)/C=C\C(=O)O.O=C(O)/C=C\C(=O)O. The van der Waals surface area contributed by atoms with E-state index in [-0.39, 0.29) is 11.9 Å². The first-order valence-electron chi connectivity index (χ1n) is 16.3. The molecule has 0 unspecified atom stereocenters. The Morgan fingerprint density at radius 1 is 0.667 bits per heavy atom. The molecule has 0 aliphatic carbocycles. The number of rotatable bonds is 12. The molecule has 0 radical (unpaired) electrons. The maximum absolute atomic E-state index is 13.0. The van der Waals surface area contributed by atoms with Crippen molar-refractivity contribution in [3.63, 3.8) is 0 Å². The maximum Gasteiger partial charge on any atom is 0.328 e. The van der Waals surface area contributed by atoms with Gasteiger partial charge in [-0.25, -0.2) is 19.2 Å². The monoisotopic (exact) mass is 707 g/mol. The zero-order valence-corrected chi connectivity index (χ0v) is 28.5.